The minimum absolute atomic E-state index is 0.108. The Morgan fingerprint density at radius 1 is 1.44 bits per heavy atom. The zero-order valence-electron chi connectivity index (χ0n) is 11.6. The summed E-state index contributed by atoms with van der Waals surface area (Å²) in [5.74, 6) is 0.378. The van der Waals surface area contributed by atoms with E-state index in [0.717, 1.165) is 26.3 Å². The SMILES string of the molecule is CC(C)(C)NC(N)=NCC(O)CN1CCOCC1. The van der Waals surface area contributed by atoms with Gasteiger partial charge in [-0.15, -0.1) is 0 Å². The maximum Gasteiger partial charge on any atom is 0.189 e. The lowest BCUT2D eigenvalue weighted by atomic mass is 10.1. The monoisotopic (exact) mass is 258 g/mol. The molecule has 0 bridgehead atoms. The number of hydrogen-bond acceptors (Lipinski definition) is 4. The van der Waals surface area contributed by atoms with Gasteiger partial charge in [0.05, 0.1) is 25.9 Å². The number of nitrogens with two attached hydrogens (primary N) is 1. The molecule has 0 saturated carbocycles. The lowest BCUT2D eigenvalue weighted by Crippen LogP contribution is -2.46. The quantitative estimate of drug-likeness (QED) is 0.462. The van der Waals surface area contributed by atoms with Gasteiger partial charge in [-0.2, -0.15) is 0 Å². The maximum absolute atomic E-state index is 9.88. The second-order valence-electron chi connectivity index (χ2n) is 5.67. The molecule has 0 aromatic carbocycles. The summed E-state index contributed by atoms with van der Waals surface area (Å²) in [6.07, 6.45) is -0.483. The third kappa shape index (κ3) is 6.78. The van der Waals surface area contributed by atoms with Crippen LogP contribution in [0.5, 0.6) is 0 Å². The Balaban J connectivity index is 2.26. The van der Waals surface area contributed by atoms with E-state index in [4.69, 9.17) is 10.5 Å². The van der Waals surface area contributed by atoms with Gasteiger partial charge < -0.3 is 20.9 Å². The number of guanidine groups is 1. The first-order valence-corrected chi connectivity index (χ1v) is 6.43. The van der Waals surface area contributed by atoms with Crippen LogP contribution in [0.1, 0.15) is 20.8 Å². The highest BCUT2D eigenvalue weighted by Gasteiger charge is 2.15. The minimum atomic E-state index is -0.483. The van der Waals surface area contributed by atoms with Crippen molar-refractivity contribution in [3.63, 3.8) is 0 Å². The lowest BCUT2D eigenvalue weighted by Gasteiger charge is -2.28. The van der Waals surface area contributed by atoms with E-state index in [2.05, 4.69) is 15.2 Å². The van der Waals surface area contributed by atoms with Gasteiger partial charge in [-0.3, -0.25) is 9.89 Å². The van der Waals surface area contributed by atoms with E-state index in [1.165, 1.54) is 0 Å². The van der Waals surface area contributed by atoms with Gasteiger partial charge in [0.2, 0.25) is 0 Å². The Morgan fingerprint density at radius 3 is 2.61 bits per heavy atom. The Morgan fingerprint density at radius 2 is 2.06 bits per heavy atom. The van der Waals surface area contributed by atoms with Gasteiger partial charge in [0.15, 0.2) is 5.96 Å². The molecular weight excluding hydrogens is 232 g/mol. The number of rotatable bonds is 4. The van der Waals surface area contributed by atoms with Crippen molar-refractivity contribution in [2.75, 3.05) is 39.4 Å². The average Bonchev–Trinajstić information content (AvgIpc) is 2.25. The summed E-state index contributed by atoms with van der Waals surface area (Å²) in [7, 11) is 0. The Bertz CT molecular complexity index is 270. The van der Waals surface area contributed by atoms with Crippen molar-refractivity contribution < 1.29 is 9.84 Å². The van der Waals surface area contributed by atoms with Crippen LogP contribution < -0.4 is 11.1 Å². The normalized spacial score (nSPS) is 20.8. The van der Waals surface area contributed by atoms with Crippen molar-refractivity contribution in [2.45, 2.75) is 32.4 Å². The summed E-state index contributed by atoms with van der Waals surface area (Å²) < 4.78 is 5.25. The standard InChI is InChI=1S/C12H26N4O2/c1-12(2,3)15-11(13)14-8-10(17)9-16-4-6-18-7-5-16/h10,17H,4-9H2,1-3H3,(H3,13,14,15). The van der Waals surface area contributed by atoms with Gasteiger partial charge in [0.1, 0.15) is 0 Å². The molecule has 0 aromatic heterocycles. The Hall–Kier alpha value is -0.850. The van der Waals surface area contributed by atoms with Gasteiger partial charge in [-0.25, -0.2) is 0 Å². The maximum atomic E-state index is 9.88. The summed E-state index contributed by atoms with van der Waals surface area (Å²) >= 11 is 0. The summed E-state index contributed by atoms with van der Waals surface area (Å²) in [6.45, 7) is 10.2. The first kappa shape index (κ1) is 15.2. The van der Waals surface area contributed by atoms with Gasteiger partial charge >= 0.3 is 0 Å². The van der Waals surface area contributed by atoms with Crippen LogP contribution in [0.4, 0.5) is 0 Å². The van der Waals surface area contributed by atoms with E-state index >= 15 is 0 Å². The minimum Gasteiger partial charge on any atom is -0.390 e. The zero-order valence-corrected chi connectivity index (χ0v) is 11.6. The lowest BCUT2D eigenvalue weighted by molar-refractivity contribution is 0.0165. The molecule has 106 valence electrons. The third-order valence-electron chi connectivity index (χ3n) is 2.55. The molecule has 6 heteroatoms. The third-order valence-corrected chi connectivity index (χ3v) is 2.55. The van der Waals surface area contributed by atoms with Crippen molar-refractivity contribution in [1.29, 1.82) is 0 Å². The first-order valence-electron chi connectivity index (χ1n) is 6.43. The van der Waals surface area contributed by atoms with Crippen molar-refractivity contribution in [3.8, 4) is 0 Å². The van der Waals surface area contributed by atoms with Crippen LogP contribution in [0.2, 0.25) is 0 Å². The summed E-state index contributed by atoms with van der Waals surface area (Å²) in [5, 5.41) is 12.9. The highest BCUT2D eigenvalue weighted by atomic mass is 16.5. The number of nitrogens with zero attached hydrogens (tertiary/aromatic N) is 2. The van der Waals surface area contributed by atoms with Gasteiger partial charge in [-0.1, -0.05) is 0 Å². The first-order chi connectivity index (χ1) is 8.37. The Kier molecular flexibility index (Phi) is 5.84. The molecule has 0 spiro atoms. The molecule has 1 aliphatic heterocycles. The number of nitrogens with one attached hydrogen (secondary N) is 1. The number of hydrogen-bond donors (Lipinski definition) is 3. The molecule has 1 atom stereocenters. The van der Waals surface area contributed by atoms with Gasteiger partial charge in [0, 0.05) is 25.2 Å². The molecule has 0 aliphatic carbocycles. The van der Waals surface area contributed by atoms with Crippen LogP contribution in [0.3, 0.4) is 0 Å². The van der Waals surface area contributed by atoms with Crippen LogP contribution in [-0.4, -0.2) is 67.0 Å². The van der Waals surface area contributed by atoms with E-state index < -0.39 is 6.10 Å². The second-order valence-corrected chi connectivity index (χ2v) is 5.67. The molecule has 1 unspecified atom stereocenters. The second kappa shape index (κ2) is 6.92. The average molecular weight is 258 g/mol. The van der Waals surface area contributed by atoms with E-state index in [0.29, 0.717) is 19.0 Å². The van der Waals surface area contributed by atoms with Crippen molar-refractivity contribution in [3.05, 3.63) is 0 Å². The summed E-state index contributed by atoms with van der Waals surface area (Å²) in [5.41, 5.74) is 5.63. The zero-order chi connectivity index (χ0) is 13.6. The molecule has 0 amide bonds. The largest absolute Gasteiger partial charge is 0.390 e. The molecule has 1 saturated heterocycles. The van der Waals surface area contributed by atoms with Gasteiger partial charge in [0.25, 0.3) is 0 Å². The van der Waals surface area contributed by atoms with Crippen molar-refractivity contribution in [1.82, 2.24) is 10.2 Å². The molecule has 1 rings (SSSR count). The smallest absolute Gasteiger partial charge is 0.189 e. The molecule has 1 heterocycles. The van der Waals surface area contributed by atoms with Crippen LogP contribution in [0, 0.1) is 0 Å². The fourth-order valence-electron chi connectivity index (χ4n) is 1.77. The molecule has 18 heavy (non-hydrogen) atoms. The van der Waals surface area contributed by atoms with E-state index in [-0.39, 0.29) is 5.54 Å². The van der Waals surface area contributed by atoms with E-state index in [1.807, 2.05) is 20.8 Å². The van der Waals surface area contributed by atoms with Crippen LogP contribution in [0.25, 0.3) is 0 Å². The molecule has 1 aliphatic rings. The number of aliphatic hydroxyl groups is 1. The van der Waals surface area contributed by atoms with Crippen molar-refractivity contribution >= 4 is 5.96 Å². The molecule has 0 radical (unpaired) electrons. The predicted molar refractivity (Wildman–Crippen MR) is 72.6 cm³/mol. The topological polar surface area (TPSA) is 83.1 Å². The molecule has 4 N–H and O–H groups in total. The fourth-order valence-corrected chi connectivity index (χ4v) is 1.77. The van der Waals surface area contributed by atoms with E-state index in [1.54, 1.807) is 0 Å². The van der Waals surface area contributed by atoms with Crippen LogP contribution in [-0.2, 0) is 4.74 Å². The summed E-state index contributed by atoms with van der Waals surface area (Å²) in [4.78, 5) is 6.33. The molecule has 1 fully saturated rings. The molecule has 0 aromatic rings. The fraction of sp³-hybridized carbons (Fsp3) is 0.917. The molecular formula is C12H26N4O2. The number of aliphatic imine (C=N–C) groups is 1. The number of aliphatic hydroxyl groups excluding tert-OH is 1. The number of morpholine rings is 1. The van der Waals surface area contributed by atoms with Gasteiger partial charge in [-0.05, 0) is 20.8 Å². The molecule has 6 nitrogen and oxygen atoms in total. The summed E-state index contributed by atoms with van der Waals surface area (Å²) in [6, 6.07) is 0. The van der Waals surface area contributed by atoms with Crippen LogP contribution in [0.15, 0.2) is 4.99 Å². The van der Waals surface area contributed by atoms with E-state index in [9.17, 15) is 5.11 Å². The highest BCUT2D eigenvalue weighted by molar-refractivity contribution is 5.78. The highest BCUT2D eigenvalue weighted by Crippen LogP contribution is 2.00. The predicted octanol–water partition coefficient (Wildman–Crippen LogP) is -0.618. The van der Waals surface area contributed by atoms with Crippen molar-refractivity contribution in [2.24, 2.45) is 10.7 Å². The number of β-amino-alcohol motifs (C(OH)–C–C–N with tert-alkyl or cyclic N) is 1. The van der Waals surface area contributed by atoms with Crippen LogP contribution >= 0.6 is 0 Å². The number of ether oxygens (including phenoxy) is 1. The Labute approximate surface area is 109 Å².